The number of rotatable bonds is 2. The second-order valence-electron chi connectivity index (χ2n) is 3.83. The van der Waals surface area contributed by atoms with Crippen LogP contribution in [0.2, 0.25) is 0 Å². The molecule has 0 aromatic heterocycles. The Morgan fingerprint density at radius 2 is 1.82 bits per heavy atom. The summed E-state index contributed by atoms with van der Waals surface area (Å²) in [5.74, 6) is -1.47. The maximum Gasteiger partial charge on any atom is 0.336 e. The fraction of sp³-hybridized carbons (Fsp3) is 0.0714. The van der Waals surface area contributed by atoms with Crippen LogP contribution in [-0.2, 0) is 0 Å². The molecular weight excluding hydrogens is 219 g/mol. The van der Waals surface area contributed by atoms with Gasteiger partial charge in [0.2, 0.25) is 0 Å². The van der Waals surface area contributed by atoms with Gasteiger partial charge in [0.05, 0.1) is 5.56 Å². The van der Waals surface area contributed by atoms with Gasteiger partial charge in [0.1, 0.15) is 5.82 Å². The Morgan fingerprint density at radius 1 is 1.12 bits per heavy atom. The molecule has 3 heteroatoms. The maximum atomic E-state index is 13.7. The van der Waals surface area contributed by atoms with Crippen molar-refractivity contribution in [3.05, 3.63) is 59.4 Å². The first-order valence-corrected chi connectivity index (χ1v) is 5.18. The molecule has 0 aliphatic heterocycles. The van der Waals surface area contributed by atoms with Gasteiger partial charge in [-0.25, -0.2) is 9.18 Å². The third-order valence-electron chi connectivity index (χ3n) is 2.57. The van der Waals surface area contributed by atoms with Gasteiger partial charge in [0.15, 0.2) is 0 Å². The van der Waals surface area contributed by atoms with E-state index in [1.807, 2.05) is 6.92 Å². The van der Waals surface area contributed by atoms with Gasteiger partial charge in [-0.3, -0.25) is 0 Å². The lowest BCUT2D eigenvalue weighted by Gasteiger charge is -2.08. The number of carboxylic acid groups (broad SMARTS) is 1. The Morgan fingerprint density at radius 3 is 2.53 bits per heavy atom. The largest absolute Gasteiger partial charge is 0.478 e. The van der Waals surface area contributed by atoms with Crippen LogP contribution in [-0.4, -0.2) is 11.1 Å². The predicted octanol–water partition coefficient (Wildman–Crippen LogP) is 3.50. The minimum absolute atomic E-state index is 0.108. The highest BCUT2D eigenvalue weighted by atomic mass is 19.1. The zero-order valence-corrected chi connectivity index (χ0v) is 9.27. The summed E-state index contributed by atoms with van der Waals surface area (Å²) in [6.45, 7) is 1.84. The van der Waals surface area contributed by atoms with Crippen LogP contribution in [0.25, 0.3) is 11.1 Å². The molecular formula is C14H11FO2. The predicted molar refractivity (Wildman–Crippen MR) is 63.5 cm³/mol. The number of aryl methyl sites for hydroxylation is 1. The molecule has 2 aromatic rings. The zero-order valence-electron chi connectivity index (χ0n) is 9.27. The van der Waals surface area contributed by atoms with E-state index < -0.39 is 11.8 Å². The minimum Gasteiger partial charge on any atom is -0.478 e. The summed E-state index contributed by atoms with van der Waals surface area (Å²) >= 11 is 0. The SMILES string of the molecule is Cc1ccc(F)c(-c2ccccc2C(=O)O)c1. The van der Waals surface area contributed by atoms with Crippen LogP contribution in [0.5, 0.6) is 0 Å². The monoisotopic (exact) mass is 230 g/mol. The van der Waals surface area contributed by atoms with E-state index in [2.05, 4.69) is 0 Å². The highest BCUT2D eigenvalue weighted by Gasteiger charge is 2.13. The van der Waals surface area contributed by atoms with Gasteiger partial charge < -0.3 is 5.11 Å². The standard InChI is InChI=1S/C14H11FO2/c1-9-6-7-13(15)12(8-9)10-4-2-3-5-11(10)14(16)17/h2-8H,1H3,(H,16,17). The van der Waals surface area contributed by atoms with Gasteiger partial charge in [-0.15, -0.1) is 0 Å². The third-order valence-corrected chi connectivity index (χ3v) is 2.57. The average molecular weight is 230 g/mol. The van der Waals surface area contributed by atoms with Gasteiger partial charge in [-0.05, 0) is 30.7 Å². The number of benzene rings is 2. The van der Waals surface area contributed by atoms with Crippen LogP contribution < -0.4 is 0 Å². The number of carboxylic acids is 1. The Hall–Kier alpha value is -2.16. The molecule has 0 atom stereocenters. The second-order valence-corrected chi connectivity index (χ2v) is 3.83. The number of carbonyl (C=O) groups is 1. The molecule has 0 saturated carbocycles. The molecule has 17 heavy (non-hydrogen) atoms. The summed E-state index contributed by atoms with van der Waals surface area (Å²) in [4.78, 5) is 11.1. The minimum atomic E-state index is -1.05. The quantitative estimate of drug-likeness (QED) is 0.857. The molecule has 2 aromatic carbocycles. The van der Waals surface area contributed by atoms with Crippen molar-refractivity contribution in [2.24, 2.45) is 0 Å². The smallest absolute Gasteiger partial charge is 0.336 e. The lowest BCUT2D eigenvalue weighted by molar-refractivity contribution is 0.0697. The summed E-state index contributed by atoms with van der Waals surface area (Å²) in [5.41, 5.74) is 1.72. The van der Waals surface area contributed by atoms with Gasteiger partial charge in [0, 0.05) is 5.56 Å². The van der Waals surface area contributed by atoms with E-state index in [-0.39, 0.29) is 5.56 Å². The first-order chi connectivity index (χ1) is 8.09. The van der Waals surface area contributed by atoms with Gasteiger partial charge in [0.25, 0.3) is 0 Å². The highest BCUT2D eigenvalue weighted by Crippen LogP contribution is 2.27. The molecule has 0 aliphatic rings. The number of halogens is 1. The van der Waals surface area contributed by atoms with Gasteiger partial charge in [-0.2, -0.15) is 0 Å². The van der Waals surface area contributed by atoms with E-state index in [1.54, 1.807) is 30.3 Å². The fourth-order valence-corrected chi connectivity index (χ4v) is 1.75. The normalized spacial score (nSPS) is 10.2. The molecule has 2 rings (SSSR count). The highest BCUT2D eigenvalue weighted by molar-refractivity contribution is 5.96. The molecule has 0 bridgehead atoms. The van der Waals surface area contributed by atoms with Gasteiger partial charge >= 0.3 is 5.97 Å². The van der Waals surface area contributed by atoms with Crippen molar-refractivity contribution in [3.63, 3.8) is 0 Å². The zero-order chi connectivity index (χ0) is 12.4. The van der Waals surface area contributed by atoms with Crippen LogP contribution in [0.15, 0.2) is 42.5 Å². The van der Waals surface area contributed by atoms with Crippen molar-refractivity contribution in [3.8, 4) is 11.1 Å². The van der Waals surface area contributed by atoms with E-state index in [4.69, 9.17) is 5.11 Å². The first kappa shape index (κ1) is 11.3. The van der Waals surface area contributed by atoms with Crippen LogP contribution in [0.1, 0.15) is 15.9 Å². The summed E-state index contributed by atoms with van der Waals surface area (Å²) < 4.78 is 13.7. The van der Waals surface area contributed by atoms with Crippen molar-refractivity contribution in [2.45, 2.75) is 6.92 Å². The molecule has 0 fully saturated rings. The lowest BCUT2D eigenvalue weighted by Crippen LogP contribution is -2.00. The molecule has 0 spiro atoms. The van der Waals surface area contributed by atoms with Crippen LogP contribution >= 0.6 is 0 Å². The fourth-order valence-electron chi connectivity index (χ4n) is 1.75. The summed E-state index contributed by atoms with van der Waals surface area (Å²) in [6.07, 6.45) is 0. The maximum absolute atomic E-state index is 13.7. The van der Waals surface area contributed by atoms with Crippen LogP contribution in [0, 0.1) is 12.7 Å². The molecule has 0 heterocycles. The Kier molecular flexibility index (Phi) is 2.91. The summed E-state index contributed by atoms with van der Waals surface area (Å²) in [7, 11) is 0. The van der Waals surface area contributed by atoms with E-state index >= 15 is 0 Å². The third kappa shape index (κ3) is 2.18. The van der Waals surface area contributed by atoms with Crippen LogP contribution in [0.4, 0.5) is 4.39 Å². The molecule has 0 radical (unpaired) electrons. The molecule has 1 N–H and O–H groups in total. The van der Waals surface area contributed by atoms with E-state index in [1.165, 1.54) is 12.1 Å². The number of hydrogen-bond acceptors (Lipinski definition) is 1. The van der Waals surface area contributed by atoms with E-state index in [0.29, 0.717) is 11.1 Å². The lowest BCUT2D eigenvalue weighted by atomic mass is 9.98. The van der Waals surface area contributed by atoms with Crippen molar-refractivity contribution in [1.82, 2.24) is 0 Å². The Bertz CT molecular complexity index is 576. The van der Waals surface area contributed by atoms with E-state index in [9.17, 15) is 9.18 Å². The van der Waals surface area contributed by atoms with Gasteiger partial charge in [-0.1, -0.05) is 29.8 Å². The number of hydrogen-bond donors (Lipinski definition) is 1. The molecule has 0 aliphatic carbocycles. The van der Waals surface area contributed by atoms with Crippen molar-refractivity contribution in [2.75, 3.05) is 0 Å². The average Bonchev–Trinajstić information content (AvgIpc) is 2.32. The Labute approximate surface area is 98.3 Å². The molecule has 0 amide bonds. The second kappa shape index (κ2) is 4.37. The molecule has 0 saturated heterocycles. The van der Waals surface area contributed by atoms with E-state index in [0.717, 1.165) is 5.56 Å². The topological polar surface area (TPSA) is 37.3 Å². The first-order valence-electron chi connectivity index (χ1n) is 5.18. The molecule has 86 valence electrons. The van der Waals surface area contributed by atoms with Crippen molar-refractivity contribution < 1.29 is 14.3 Å². The summed E-state index contributed by atoms with van der Waals surface area (Å²) in [5, 5.41) is 9.06. The Balaban J connectivity index is 2.68. The molecule has 0 unspecified atom stereocenters. The molecule has 2 nitrogen and oxygen atoms in total. The number of aromatic carboxylic acids is 1. The summed E-state index contributed by atoms with van der Waals surface area (Å²) in [6, 6.07) is 11.1. The van der Waals surface area contributed by atoms with Crippen molar-refractivity contribution >= 4 is 5.97 Å². The van der Waals surface area contributed by atoms with Crippen molar-refractivity contribution in [1.29, 1.82) is 0 Å². The van der Waals surface area contributed by atoms with Crippen LogP contribution in [0.3, 0.4) is 0 Å².